The standard InChI is InChI=1S/C9H17NO/c1-3-7(2)11-9-4-8(5-9)6-10/h3,7-9H,1,4-6,10H2,2H3. The van der Waals surface area contributed by atoms with Crippen molar-refractivity contribution in [2.24, 2.45) is 11.7 Å². The van der Waals surface area contributed by atoms with Crippen LogP contribution in [0.4, 0.5) is 0 Å². The Morgan fingerprint density at radius 3 is 2.82 bits per heavy atom. The van der Waals surface area contributed by atoms with Crippen LogP contribution in [-0.2, 0) is 4.74 Å². The molecule has 0 aliphatic heterocycles. The monoisotopic (exact) mass is 155 g/mol. The van der Waals surface area contributed by atoms with E-state index < -0.39 is 0 Å². The first-order chi connectivity index (χ1) is 5.26. The van der Waals surface area contributed by atoms with Crippen molar-refractivity contribution in [3.8, 4) is 0 Å². The molecule has 64 valence electrons. The minimum Gasteiger partial charge on any atom is -0.371 e. The summed E-state index contributed by atoms with van der Waals surface area (Å²) in [6.45, 7) is 6.49. The van der Waals surface area contributed by atoms with Crippen molar-refractivity contribution in [1.82, 2.24) is 0 Å². The molecular formula is C9H17NO. The van der Waals surface area contributed by atoms with Crippen LogP contribution in [0.1, 0.15) is 19.8 Å². The lowest BCUT2D eigenvalue weighted by Crippen LogP contribution is -2.37. The quantitative estimate of drug-likeness (QED) is 0.621. The molecule has 2 N–H and O–H groups in total. The molecule has 1 aliphatic rings. The van der Waals surface area contributed by atoms with E-state index in [1.54, 1.807) is 0 Å². The SMILES string of the molecule is C=CC(C)OC1CC(CN)C1. The highest BCUT2D eigenvalue weighted by atomic mass is 16.5. The van der Waals surface area contributed by atoms with E-state index in [2.05, 4.69) is 6.58 Å². The summed E-state index contributed by atoms with van der Waals surface area (Å²) < 4.78 is 5.59. The van der Waals surface area contributed by atoms with E-state index in [-0.39, 0.29) is 6.10 Å². The van der Waals surface area contributed by atoms with Crippen LogP contribution in [0.2, 0.25) is 0 Å². The third kappa shape index (κ3) is 2.31. The van der Waals surface area contributed by atoms with Crippen LogP contribution in [0.25, 0.3) is 0 Å². The molecule has 1 aliphatic carbocycles. The number of nitrogens with two attached hydrogens (primary N) is 1. The van der Waals surface area contributed by atoms with Gasteiger partial charge in [0, 0.05) is 0 Å². The van der Waals surface area contributed by atoms with Gasteiger partial charge in [-0.25, -0.2) is 0 Å². The maximum Gasteiger partial charge on any atom is 0.0728 e. The molecule has 1 saturated carbocycles. The summed E-state index contributed by atoms with van der Waals surface area (Å²) in [5.74, 6) is 0.706. The van der Waals surface area contributed by atoms with Gasteiger partial charge in [-0.15, -0.1) is 6.58 Å². The Bertz CT molecular complexity index is 130. The van der Waals surface area contributed by atoms with Crippen molar-refractivity contribution in [1.29, 1.82) is 0 Å². The molecule has 0 amide bonds. The molecule has 0 heterocycles. The molecule has 0 radical (unpaired) electrons. The largest absolute Gasteiger partial charge is 0.371 e. The first-order valence-corrected chi connectivity index (χ1v) is 4.24. The highest BCUT2D eigenvalue weighted by molar-refractivity contribution is 4.84. The third-order valence-corrected chi connectivity index (χ3v) is 2.26. The number of ether oxygens (including phenoxy) is 1. The Morgan fingerprint density at radius 2 is 2.36 bits per heavy atom. The summed E-state index contributed by atoms with van der Waals surface area (Å²) in [6, 6.07) is 0. The molecule has 0 aromatic rings. The van der Waals surface area contributed by atoms with Crippen LogP contribution in [0.5, 0.6) is 0 Å². The predicted octanol–water partition coefficient (Wildman–Crippen LogP) is 1.31. The highest BCUT2D eigenvalue weighted by Crippen LogP contribution is 2.29. The number of hydrogen-bond donors (Lipinski definition) is 1. The molecule has 0 aromatic carbocycles. The maximum absolute atomic E-state index is 5.59. The topological polar surface area (TPSA) is 35.2 Å². The van der Waals surface area contributed by atoms with Crippen LogP contribution < -0.4 is 5.73 Å². The lowest BCUT2D eigenvalue weighted by Gasteiger charge is -2.35. The smallest absolute Gasteiger partial charge is 0.0728 e. The zero-order chi connectivity index (χ0) is 8.27. The number of rotatable bonds is 4. The molecule has 1 fully saturated rings. The summed E-state index contributed by atoms with van der Waals surface area (Å²) in [6.07, 6.45) is 4.73. The van der Waals surface area contributed by atoms with Gasteiger partial charge >= 0.3 is 0 Å². The molecular weight excluding hydrogens is 138 g/mol. The second kappa shape index (κ2) is 3.88. The molecule has 1 atom stereocenters. The molecule has 0 aromatic heterocycles. The van der Waals surface area contributed by atoms with Crippen LogP contribution in [0, 0.1) is 5.92 Å². The van der Waals surface area contributed by atoms with Crippen molar-refractivity contribution in [2.75, 3.05) is 6.54 Å². The second-order valence-electron chi connectivity index (χ2n) is 3.27. The maximum atomic E-state index is 5.59. The van der Waals surface area contributed by atoms with Gasteiger partial charge in [-0.3, -0.25) is 0 Å². The lowest BCUT2D eigenvalue weighted by molar-refractivity contribution is -0.0492. The Labute approximate surface area is 68.4 Å². The zero-order valence-corrected chi connectivity index (χ0v) is 7.12. The van der Waals surface area contributed by atoms with E-state index in [0.29, 0.717) is 12.0 Å². The van der Waals surface area contributed by atoms with E-state index in [9.17, 15) is 0 Å². The average Bonchev–Trinajstić information content (AvgIpc) is 1.95. The average molecular weight is 155 g/mol. The minimum absolute atomic E-state index is 0.193. The van der Waals surface area contributed by atoms with Crippen LogP contribution in [-0.4, -0.2) is 18.8 Å². The highest BCUT2D eigenvalue weighted by Gasteiger charge is 2.29. The van der Waals surface area contributed by atoms with Gasteiger partial charge in [0.1, 0.15) is 0 Å². The second-order valence-corrected chi connectivity index (χ2v) is 3.27. The van der Waals surface area contributed by atoms with Gasteiger partial charge < -0.3 is 10.5 Å². The molecule has 2 heteroatoms. The van der Waals surface area contributed by atoms with Gasteiger partial charge in [0.05, 0.1) is 12.2 Å². The summed E-state index contributed by atoms with van der Waals surface area (Å²) in [4.78, 5) is 0. The first-order valence-electron chi connectivity index (χ1n) is 4.24. The van der Waals surface area contributed by atoms with E-state index in [0.717, 1.165) is 19.4 Å². The van der Waals surface area contributed by atoms with E-state index >= 15 is 0 Å². The molecule has 0 spiro atoms. The van der Waals surface area contributed by atoms with Crippen molar-refractivity contribution in [3.63, 3.8) is 0 Å². The third-order valence-electron chi connectivity index (χ3n) is 2.26. The molecule has 11 heavy (non-hydrogen) atoms. The van der Waals surface area contributed by atoms with Gasteiger partial charge in [0.15, 0.2) is 0 Å². The van der Waals surface area contributed by atoms with Crippen molar-refractivity contribution in [3.05, 3.63) is 12.7 Å². The molecule has 0 saturated heterocycles. The Hall–Kier alpha value is -0.340. The van der Waals surface area contributed by atoms with E-state index in [1.165, 1.54) is 0 Å². The molecule has 1 unspecified atom stereocenters. The fourth-order valence-electron chi connectivity index (χ4n) is 1.34. The summed E-state index contributed by atoms with van der Waals surface area (Å²) in [5, 5.41) is 0. The Balaban J connectivity index is 2.08. The van der Waals surface area contributed by atoms with Crippen molar-refractivity contribution < 1.29 is 4.74 Å². The summed E-state index contributed by atoms with van der Waals surface area (Å²) in [5.41, 5.74) is 5.48. The van der Waals surface area contributed by atoms with Gasteiger partial charge in [-0.2, -0.15) is 0 Å². The molecule has 1 rings (SSSR count). The van der Waals surface area contributed by atoms with E-state index in [4.69, 9.17) is 10.5 Å². The van der Waals surface area contributed by atoms with Crippen LogP contribution in [0.3, 0.4) is 0 Å². The van der Waals surface area contributed by atoms with Gasteiger partial charge in [-0.1, -0.05) is 6.08 Å². The molecule has 0 bridgehead atoms. The predicted molar refractivity (Wildman–Crippen MR) is 46.3 cm³/mol. The molecule has 2 nitrogen and oxygen atoms in total. The summed E-state index contributed by atoms with van der Waals surface area (Å²) in [7, 11) is 0. The van der Waals surface area contributed by atoms with Crippen molar-refractivity contribution >= 4 is 0 Å². The van der Waals surface area contributed by atoms with Crippen LogP contribution in [0.15, 0.2) is 12.7 Å². The lowest BCUT2D eigenvalue weighted by atomic mass is 9.82. The van der Waals surface area contributed by atoms with E-state index in [1.807, 2.05) is 13.0 Å². The van der Waals surface area contributed by atoms with Crippen molar-refractivity contribution in [2.45, 2.75) is 32.0 Å². The Morgan fingerprint density at radius 1 is 1.73 bits per heavy atom. The van der Waals surface area contributed by atoms with Gasteiger partial charge in [0.2, 0.25) is 0 Å². The first kappa shape index (κ1) is 8.75. The Kier molecular flexibility index (Phi) is 3.09. The fraction of sp³-hybridized carbons (Fsp3) is 0.778. The zero-order valence-electron chi connectivity index (χ0n) is 7.12. The van der Waals surface area contributed by atoms with Gasteiger partial charge in [-0.05, 0) is 32.2 Å². The number of hydrogen-bond acceptors (Lipinski definition) is 2. The normalized spacial score (nSPS) is 32.5. The van der Waals surface area contributed by atoms with Crippen LogP contribution >= 0.6 is 0 Å². The minimum atomic E-state index is 0.193. The fourth-order valence-corrected chi connectivity index (χ4v) is 1.34. The summed E-state index contributed by atoms with van der Waals surface area (Å²) >= 11 is 0. The van der Waals surface area contributed by atoms with Gasteiger partial charge in [0.25, 0.3) is 0 Å².